The topological polar surface area (TPSA) is 109 Å². The van der Waals surface area contributed by atoms with Gasteiger partial charge >= 0.3 is 5.97 Å². The summed E-state index contributed by atoms with van der Waals surface area (Å²) in [6.07, 6.45) is 1.14. The molecule has 0 aromatic carbocycles. The molecular formula is C10H12N4O4. The van der Waals surface area contributed by atoms with E-state index in [2.05, 4.69) is 10.3 Å². The summed E-state index contributed by atoms with van der Waals surface area (Å²) in [5.74, 6) is -0.503. The first-order valence-corrected chi connectivity index (χ1v) is 5.40. The van der Waals surface area contributed by atoms with Gasteiger partial charge in [-0.3, -0.25) is 10.1 Å². The normalized spacial score (nSPS) is 19.6. The monoisotopic (exact) mass is 252 g/mol. The number of carboxylic acid groups (broad SMARTS) is 1. The van der Waals surface area contributed by atoms with E-state index in [0.29, 0.717) is 25.5 Å². The smallest absolute Gasteiger partial charge is 0.327 e. The number of rotatable bonds is 3. The van der Waals surface area contributed by atoms with E-state index in [-0.39, 0.29) is 5.69 Å². The first-order chi connectivity index (χ1) is 8.59. The Morgan fingerprint density at radius 1 is 1.61 bits per heavy atom. The van der Waals surface area contributed by atoms with Crippen LogP contribution >= 0.6 is 0 Å². The molecule has 0 saturated carbocycles. The number of aliphatic carboxylic acids is 1. The van der Waals surface area contributed by atoms with E-state index in [4.69, 9.17) is 5.11 Å². The number of piperazine rings is 1. The molecule has 1 saturated heterocycles. The van der Waals surface area contributed by atoms with Crippen molar-refractivity contribution in [2.24, 2.45) is 0 Å². The third-order valence-corrected chi connectivity index (χ3v) is 2.77. The van der Waals surface area contributed by atoms with Crippen molar-refractivity contribution in [3.05, 3.63) is 28.4 Å². The Balaban J connectivity index is 2.23. The Morgan fingerprint density at radius 2 is 2.39 bits per heavy atom. The molecule has 1 aliphatic heterocycles. The molecule has 0 aliphatic carbocycles. The Morgan fingerprint density at radius 3 is 2.94 bits per heavy atom. The fourth-order valence-electron chi connectivity index (χ4n) is 1.86. The number of aromatic nitrogens is 1. The Labute approximate surface area is 102 Å². The van der Waals surface area contributed by atoms with E-state index in [1.165, 1.54) is 12.1 Å². The maximum absolute atomic E-state index is 11.1. The van der Waals surface area contributed by atoms with Crippen molar-refractivity contribution in [3.8, 4) is 0 Å². The number of hydrogen-bond acceptors (Lipinski definition) is 6. The Kier molecular flexibility index (Phi) is 3.38. The fourth-order valence-corrected chi connectivity index (χ4v) is 1.86. The third kappa shape index (κ3) is 2.38. The van der Waals surface area contributed by atoms with Crippen molar-refractivity contribution in [2.75, 3.05) is 24.5 Å². The van der Waals surface area contributed by atoms with E-state index in [1.807, 2.05) is 0 Å². The molecule has 1 atom stereocenters. The largest absolute Gasteiger partial charge is 0.480 e. The van der Waals surface area contributed by atoms with Gasteiger partial charge in [0.15, 0.2) is 0 Å². The maximum atomic E-state index is 11.1. The number of hydrogen-bond donors (Lipinski definition) is 2. The summed E-state index contributed by atoms with van der Waals surface area (Å²) in [6, 6.07) is 2.09. The summed E-state index contributed by atoms with van der Waals surface area (Å²) < 4.78 is 0. The second kappa shape index (κ2) is 4.96. The number of nitrogens with one attached hydrogen (secondary N) is 1. The molecule has 0 spiro atoms. The Hall–Kier alpha value is -2.22. The van der Waals surface area contributed by atoms with Crippen LogP contribution in [0.5, 0.6) is 0 Å². The average Bonchev–Trinajstić information content (AvgIpc) is 2.39. The highest BCUT2D eigenvalue weighted by molar-refractivity contribution is 5.78. The zero-order chi connectivity index (χ0) is 13.1. The molecular weight excluding hydrogens is 240 g/mol. The molecule has 1 fully saturated rings. The van der Waals surface area contributed by atoms with Crippen molar-refractivity contribution in [1.82, 2.24) is 10.3 Å². The molecule has 0 amide bonds. The molecule has 2 N–H and O–H groups in total. The minimum atomic E-state index is -0.942. The van der Waals surface area contributed by atoms with E-state index in [9.17, 15) is 14.9 Å². The molecule has 8 nitrogen and oxygen atoms in total. The lowest BCUT2D eigenvalue weighted by Crippen LogP contribution is -2.55. The molecule has 2 rings (SSSR count). The van der Waals surface area contributed by atoms with Gasteiger partial charge in [0.2, 0.25) is 0 Å². The molecule has 1 aromatic heterocycles. The number of nitrogens with zero attached hydrogens (tertiary/aromatic N) is 3. The summed E-state index contributed by atoms with van der Waals surface area (Å²) in [5, 5.41) is 22.6. The molecule has 0 bridgehead atoms. The van der Waals surface area contributed by atoms with Crippen LogP contribution < -0.4 is 10.2 Å². The second-order valence-corrected chi connectivity index (χ2v) is 3.88. The highest BCUT2D eigenvalue weighted by Gasteiger charge is 2.29. The standard InChI is InChI=1S/C10H12N4O4/c15-10(16)8-6-11-3-4-13(8)9-2-1-7(5-12-9)14(17)18/h1-2,5,8,11H,3-4,6H2,(H,15,16)/t8-/m0/s1. The van der Waals surface area contributed by atoms with Crippen molar-refractivity contribution >= 4 is 17.5 Å². The molecule has 1 aliphatic rings. The van der Waals surface area contributed by atoms with Crippen LogP contribution in [0.4, 0.5) is 11.5 Å². The van der Waals surface area contributed by atoms with Gasteiger partial charge in [-0.15, -0.1) is 0 Å². The quantitative estimate of drug-likeness (QED) is 0.568. The predicted octanol–water partition coefficient (Wildman–Crippen LogP) is -0.147. The Bertz CT molecular complexity index is 461. The molecule has 8 heteroatoms. The predicted molar refractivity (Wildman–Crippen MR) is 62.5 cm³/mol. The maximum Gasteiger partial charge on any atom is 0.327 e. The van der Waals surface area contributed by atoms with Crippen LogP contribution in [0, 0.1) is 10.1 Å². The van der Waals surface area contributed by atoms with E-state index in [0.717, 1.165) is 6.20 Å². The summed E-state index contributed by atoms with van der Waals surface area (Å²) in [4.78, 5) is 26.6. The first-order valence-electron chi connectivity index (χ1n) is 5.40. The van der Waals surface area contributed by atoms with Gasteiger partial charge in [-0.25, -0.2) is 9.78 Å². The van der Waals surface area contributed by atoms with Gasteiger partial charge in [-0.05, 0) is 6.07 Å². The van der Waals surface area contributed by atoms with E-state index < -0.39 is 16.9 Å². The lowest BCUT2D eigenvalue weighted by atomic mass is 10.2. The van der Waals surface area contributed by atoms with Crippen molar-refractivity contribution in [3.63, 3.8) is 0 Å². The number of pyridine rings is 1. The van der Waals surface area contributed by atoms with E-state index >= 15 is 0 Å². The van der Waals surface area contributed by atoms with Crippen LogP contribution in [0.2, 0.25) is 0 Å². The van der Waals surface area contributed by atoms with Gasteiger partial charge in [0.1, 0.15) is 18.1 Å². The summed E-state index contributed by atoms with van der Waals surface area (Å²) in [5.41, 5.74) is -0.110. The van der Waals surface area contributed by atoms with Crippen LogP contribution in [0.15, 0.2) is 18.3 Å². The van der Waals surface area contributed by atoms with Crippen LogP contribution in [-0.4, -0.2) is 46.7 Å². The summed E-state index contributed by atoms with van der Waals surface area (Å²) in [7, 11) is 0. The summed E-state index contributed by atoms with van der Waals surface area (Å²) >= 11 is 0. The third-order valence-electron chi connectivity index (χ3n) is 2.77. The molecule has 1 aromatic rings. The van der Waals surface area contributed by atoms with Gasteiger partial charge < -0.3 is 15.3 Å². The first kappa shape index (κ1) is 12.2. The fraction of sp³-hybridized carbons (Fsp3) is 0.400. The van der Waals surface area contributed by atoms with Gasteiger partial charge in [0.05, 0.1) is 4.92 Å². The highest BCUT2D eigenvalue weighted by atomic mass is 16.6. The minimum absolute atomic E-state index is 0.110. The van der Waals surface area contributed by atoms with Gasteiger partial charge in [-0.1, -0.05) is 0 Å². The SMILES string of the molecule is O=C(O)[C@@H]1CNCCN1c1ccc([N+](=O)[O-])cn1. The highest BCUT2D eigenvalue weighted by Crippen LogP contribution is 2.18. The van der Waals surface area contributed by atoms with Crippen molar-refractivity contribution < 1.29 is 14.8 Å². The van der Waals surface area contributed by atoms with Gasteiger partial charge in [0.25, 0.3) is 5.69 Å². The molecule has 0 radical (unpaired) electrons. The zero-order valence-corrected chi connectivity index (χ0v) is 9.44. The average molecular weight is 252 g/mol. The van der Waals surface area contributed by atoms with Gasteiger partial charge in [-0.2, -0.15) is 0 Å². The van der Waals surface area contributed by atoms with Crippen LogP contribution in [0.25, 0.3) is 0 Å². The van der Waals surface area contributed by atoms with E-state index in [1.54, 1.807) is 4.90 Å². The van der Waals surface area contributed by atoms with Crippen LogP contribution in [0.1, 0.15) is 0 Å². The summed E-state index contributed by atoms with van der Waals surface area (Å²) in [6.45, 7) is 1.48. The molecule has 0 unspecified atom stereocenters. The minimum Gasteiger partial charge on any atom is -0.480 e. The van der Waals surface area contributed by atoms with Crippen LogP contribution in [-0.2, 0) is 4.79 Å². The zero-order valence-electron chi connectivity index (χ0n) is 9.44. The lowest BCUT2D eigenvalue weighted by molar-refractivity contribution is -0.385. The van der Waals surface area contributed by atoms with Crippen molar-refractivity contribution in [2.45, 2.75) is 6.04 Å². The van der Waals surface area contributed by atoms with Crippen molar-refractivity contribution in [1.29, 1.82) is 0 Å². The molecule has 96 valence electrons. The van der Waals surface area contributed by atoms with Crippen LogP contribution in [0.3, 0.4) is 0 Å². The molecule has 2 heterocycles. The number of carbonyl (C=O) groups is 1. The second-order valence-electron chi connectivity index (χ2n) is 3.88. The number of anilines is 1. The lowest BCUT2D eigenvalue weighted by Gasteiger charge is -2.34. The van der Waals surface area contributed by atoms with Gasteiger partial charge in [0, 0.05) is 25.7 Å². The number of nitro groups is 1. The molecule has 18 heavy (non-hydrogen) atoms. The number of carboxylic acids is 1.